The molecule has 0 amide bonds. The van der Waals surface area contributed by atoms with Crippen LogP contribution in [-0.2, 0) is 27.9 Å². The van der Waals surface area contributed by atoms with Gasteiger partial charge in [0, 0.05) is 6.54 Å². The number of hydrogen-bond donors (Lipinski definition) is 1. The Morgan fingerprint density at radius 3 is 2.14 bits per heavy atom. The second-order valence-corrected chi connectivity index (χ2v) is 8.16. The minimum absolute atomic E-state index is 0.0279. The van der Waals surface area contributed by atoms with E-state index < -0.39 is 16.0 Å². The molecule has 0 aliphatic rings. The molecule has 0 heterocycles. The number of benzene rings is 3. The van der Waals surface area contributed by atoms with Crippen LogP contribution in [0.3, 0.4) is 0 Å². The normalized spacial score (nSPS) is 11.2. The smallest absolute Gasteiger partial charge is 0.338 e. The molecule has 0 unspecified atom stereocenters. The molecule has 0 aromatic heterocycles. The number of rotatable bonds is 7. The summed E-state index contributed by atoms with van der Waals surface area (Å²) in [7, 11) is -3.90. The number of carbonyl (C=O) groups is 1. The van der Waals surface area contributed by atoms with E-state index in [0.29, 0.717) is 0 Å². The lowest BCUT2D eigenvalue weighted by Gasteiger charge is -2.10. The van der Waals surface area contributed by atoms with Crippen molar-refractivity contribution >= 4 is 27.6 Å². The molecule has 1 N–H and O–H groups in total. The molecular weight excluding hydrogens is 398 g/mol. The summed E-state index contributed by atoms with van der Waals surface area (Å²) in [5.41, 5.74) is 1.75. The third-order valence-corrected chi connectivity index (χ3v) is 5.86. The van der Waals surface area contributed by atoms with E-state index in [-0.39, 0.29) is 28.6 Å². The van der Waals surface area contributed by atoms with Gasteiger partial charge >= 0.3 is 5.97 Å². The average molecular weight is 416 g/mol. The Kier molecular flexibility index (Phi) is 6.46. The van der Waals surface area contributed by atoms with Gasteiger partial charge in [0.1, 0.15) is 11.5 Å². The summed E-state index contributed by atoms with van der Waals surface area (Å²) in [4.78, 5) is 12.1. The first kappa shape index (κ1) is 20.1. The molecule has 0 saturated carbocycles. The summed E-state index contributed by atoms with van der Waals surface area (Å²) in [6, 6.07) is 22.3. The van der Waals surface area contributed by atoms with Crippen molar-refractivity contribution in [3.8, 4) is 0 Å². The maximum Gasteiger partial charge on any atom is 0.338 e. The number of ether oxygens (including phenoxy) is 1. The van der Waals surface area contributed by atoms with Crippen LogP contribution in [-0.4, -0.2) is 14.4 Å². The summed E-state index contributed by atoms with van der Waals surface area (Å²) < 4.78 is 33.0. The van der Waals surface area contributed by atoms with Crippen molar-refractivity contribution in [1.82, 2.24) is 4.72 Å². The molecule has 3 aromatic rings. The molecule has 28 heavy (non-hydrogen) atoms. The number of sulfonamides is 1. The molecule has 3 aromatic carbocycles. The Morgan fingerprint density at radius 1 is 0.893 bits per heavy atom. The van der Waals surface area contributed by atoms with Gasteiger partial charge in [0.25, 0.3) is 0 Å². The average Bonchev–Trinajstić information content (AvgIpc) is 2.72. The summed E-state index contributed by atoms with van der Waals surface area (Å²) >= 11 is 6.07. The Hall–Kier alpha value is -2.67. The van der Waals surface area contributed by atoms with Crippen molar-refractivity contribution in [2.75, 3.05) is 0 Å². The number of halogens is 1. The first-order valence-electron chi connectivity index (χ1n) is 8.50. The van der Waals surface area contributed by atoms with Crippen molar-refractivity contribution in [2.45, 2.75) is 18.0 Å². The molecule has 0 spiro atoms. The van der Waals surface area contributed by atoms with Crippen LogP contribution >= 0.6 is 11.6 Å². The number of carbonyl (C=O) groups excluding carboxylic acids is 1. The van der Waals surface area contributed by atoms with Gasteiger partial charge in [0.05, 0.1) is 10.6 Å². The minimum atomic E-state index is -3.90. The predicted octanol–water partition coefficient (Wildman–Crippen LogP) is 4.18. The quantitative estimate of drug-likeness (QED) is 0.587. The molecule has 3 rings (SSSR count). The van der Waals surface area contributed by atoms with Crippen LogP contribution in [0.25, 0.3) is 0 Å². The van der Waals surface area contributed by atoms with Crippen molar-refractivity contribution in [3.05, 3.63) is 101 Å². The molecule has 0 fully saturated rings. The maximum absolute atomic E-state index is 12.6. The van der Waals surface area contributed by atoms with E-state index in [9.17, 15) is 13.2 Å². The molecule has 5 nitrogen and oxygen atoms in total. The lowest BCUT2D eigenvalue weighted by atomic mass is 10.2. The Morgan fingerprint density at radius 2 is 1.50 bits per heavy atom. The van der Waals surface area contributed by atoms with E-state index in [1.165, 1.54) is 18.2 Å². The second kappa shape index (κ2) is 9.01. The fourth-order valence-corrected chi connectivity index (χ4v) is 4.04. The van der Waals surface area contributed by atoms with Crippen LogP contribution in [0.1, 0.15) is 21.5 Å². The van der Waals surface area contributed by atoms with Crippen molar-refractivity contribution in [1.29, 1.82) is 0 Å². The first-order valence-corrected chi connectivity index (χ1v) is 10.4. The third-order valence-electron chi connectivity index (χ3n) is 3.98. The Balaban J connectivity index is 1.73. The highest BCUT2D eigenvalue weighted by Gasteiger charge is 2.20. The SMILES string of the molecule is O=C(OCc1ccccc1)c1ccc(Cl)c(S(=O)(=O)NCc2ccccc2)c1. The summed E-state index contributed by atoms with van der Waals surface area (Å²) in [6.07, 6.45) is 0. The number of esters is 1. The van der Waals surface area contributed by atoms with Gasteiger partial charge in [-0.25, -0.2) is 17.9 Å². The van der Waals surface area contributed by atoms with Crippen LogP contribution in [0.15, 0.2) is 83.8 Å². The van der Waals surface area contributed by atoms with Gasteiger partial charge in [-0.05, 0) is 29.3 Å². The monoisotopic (exact) mass is 415 g/mol. The minimum Gasteiger partial charge on any atom is -0.457 e. The molecule has 7 heteroatoms. The van der Waals surface area contributed by atoms with Crippen molar-refractivity contribution < 1.29 is 17.9 Å². The highest BCUT2D eigenvalue weighted by Crippen LogP contribution is 2.23. The van der Waals surface area contributed by atoms with Gasteiger partial charge < -0.3 is 4.74 Å². The van der Waals surface area contributed by atoms with Crippen LogP contribution in [0.2, 0.25) is 5.02 Å². The predicted molar refractivity (Wildman–Crippen MR) is 107 cm³/mol. The van der Waals surface area contributed by atoms with E-state index in [1.54, 1.807) is 0 Å². The third kappa shape index (κ3) is 5.19. The van der Waals surface area contributed by atoms with Gasteiger partial charge in [-0.2, -0.15) is 0 Å². The van der Waals surface area contributed by atoms with E-state index in [4.69, 9.17) is 16.3 Å². The van der Waals surface area contributed by atoms with Gasteiger partial charge in [-0.15, -0.1) is 0 Å². The van der Waals surface area contributed by atoms with Crippen LogP contribution in [0.5, 0.6) is 0 Å². The first-order chi connectivity index (χ1) is 13.5. The molecule has 0 radical (unpaired) electrons. The van der Waals surface area contributed by atoms with Crippen molar-refractivity contribution in [2.24, 2.45) is 0 Å². The van der Waals surface area contributed by atoms with Crippen molar-refractivity contribution in [3.63, 3.8) is 0 Å². The fraction of sp³-hybridized carbons (Fsp3) is 0.0952. The molecule has 0 bridgehead atoms. The van der Waals surface area contributed by atoms with Crippen LogP contribution < -0.4 is 4.72 Å². The zero-order chi connectivity index (χ0) is 20.0. The zero-order valence-corrected chi connectivity index (χ0v) is 16.4. The zero-order valence-electron chi connectivity index (χ0n) is 14.8. The highest BCUT2D eigenvalue weighted by atomic mass is 35.5. The van der Waals surface area contributed by atoms with E-state index in [0.717, 1.165) is 11.1 Å². The lowest BCUT2D eigenvalue weighted by Crippen LogP contribution is -2.24. The summed E-state index contributed by atoms with van der Waals surface area (Å²) in [5.74, 6) is -0.625. The lowest BCUT2D eigenvalue weighted by molar-refractivity contribution is 0.0472. The fourth-order valence-electron chi connectivity index (χ4n) is 2.49. The van der Waals surface area contributed by atoms with Gasteiger partial charge in [-0.3, -0.25) is 0 Å². The van der Waals surface area contributed by atoms with Gasteiger partial charge in [0.15, 0.2) is 0 Å². The summed E-state index contributed by atoms with van der Waals surface area (Å²) in [6.45, 7) is 0.207. The maximum atomic E-state index is 12.6. The topological polar surface area (TPSA) is 72.5 Å². The van der Waals surface area contributed by atoms with E-state index in [2.05, 4.69) is 4.72 Å². The number of nitrogens with one attached hydrogen (secondary N) is 1. The molecule has 0 aliphatic carbocycles. The largest absolute Gasteiger partial charge is 0.457 e. The molecule has 0 atom stereocenters. The molecule has 0 aliphatic heterocycles. The Labute approximate surface area is 169 Å². The van der Waals surface area contributed by atoms with Gasteiger partial charge in [-0.1, -0.05) is 72.3 Å². The summed E-state index contributed by atoms with van der Waals surface area (Å²) in [5, 5.41) is 0.0279. The van der Waals surface area contributed by atoms with Gasteiger partial charge in [0.2, 0.25) is 10.0 Å². The second-order valence-electron chi connectivity index (χ2n) is 6.02. The van der Waals surface area contributed by atoms with Crippen LogP contribution in [0.4, 0.5) is 0 Å². The van der Waals surface area contributed by atoms with E-state index in [1.807, 2.05) is 60.7 Å². The molecule has 0 saturated heterocycles. The molecular formula is C21H18ClNO4S. The number of hydrogen-bond acceptors (Lipinski definition) is 4. The standard InChI is InChI=1S/C21H18ClNO4S/c22-19-12-11-18(21(24)27-15-17-9-5-2-6-10-17)13-20(19)28(25,26)23-14-16-7-3-1-4-8-16/h1-13,23H,14-15H2. The van der Waals surface area contributed by atoms with E-state index >= 15 is 0 Å². The Bertz CT molecular complexity index is 1050. The van der Waals surface area contributed by atoms with Crippen LogP contribution in [0, 0.1) is 0 Å². The molecule has 144 valence electrons. The highest BCUT2D eigenvalue weighted by molar-refractivity contribution is 7.89.